The minimum atomic E-state index is 0.00282. The van der Waals surface area contributed by atoms with Gasteiger partial charge in [-0.3, -0.25) is 4.79 Å². The van der Waals surface area contributed by atoms with E-state index in [1.807, 2.05) is 4.90 Å². The average molecular weight is 454 g/mol. The summed E-state index contributed by atoms with van der Waals surface area (Å²) in [4.78, 5) is 21.5. The van der Waals surface area contributed by atoms with Gasteiger partial charge in [0.05, 0.1) is 6.26 Å². The summed E-state index contributed by atoms with van der Waals surface area (Å²) < 4.78 is 11.2. The number of piperidine rings is 2. The van der Waals surface area contributed by atoms with E-state index >= 15 is 0 Å². The Morgan fingerprint density at radius 3 is 2.67 bits per heavy atom. The SMILES string of the molecule is CC1CC(C)CN(CCCCNC(=O)C2CCN(c3oc(-c4ccco4)nc3C#N)CC2)C1. The monoisotopic (exact) mass is 453 g/mol. The molecular weight excluding hydrogens is 418 g/mol. The first-order valence-electron chi connectivity index (χ1n) is 12.2. The van der Waals surface area contributed by atoms with Crippen LogP contribution in [0.5, 0.6) is 0 Å². The Hall–Kier alpha value is -2.79. The Labute approximate surface area is 195 Å². The summed E-state index contributed by atoms with van der Waals surface area (Å²) >= 11 is 0. The first kappa shape index (κ1) is 23.4. The molecule has 0 aromatic carbocycles. The van der Waals surface area contributed by atoms with Gasteiger partial charge < -0.3 is 24.0 Å². The Kier molecular flexibility index (Phi) is 7.71. The van der Waals surface area contributed by atoms with E-state index in [4.69, 9.17) is 8.83 Å². The number of hydrogen-bond donors (Lipinski definition) is 1. The molecule has 2 aromatic heterocycles. The maximum atomic E-state index is 12.6. The van der Waals surface area contributed by atoms with Crippen molar-refractivity contribution in [1.29, 1.82) is 5.26 Å². The van der Waals surface area contributed by atoms with Crippen LogP contribution in [0.3, 0.4) is 0 Å². The Morgan fingerprint density at radius 1 is 1.24 bits per heavy atom. The summed E-state index contributed by atoms with van der Waals surface area (Å²) in [6.45, 7) is 10.3. The van der Waals surface area contributed by atoms with E-state index in [-0.39, 0.29) is 17.5 Å². The highest BCUT2D eigenvalue weighted by atomic mass is 16.4. The molecule has 178 valence electrons. The smallest absolute Gasteiger partial charge is 0.266 e. The molecule has 0 radical (unpaired) electrons. The second kappa shape index (κ2) is 10.9. The van der Waals surface area contributed by atoms with Crippen LogP contribution in [0, 0.1) is 29.1 Å². The Morgan fingerprint density at radius 2 is 2.00 bits per heavy atom. The predicted octanol–water partition coefficient (Wildman–Crippen LogP) is 3.90. The zero-order valence-electron chi connectivity index (χ0n) is 19.8. The number of aromatic nitrogens is 1. The number of carbonyl (C=O) groups is 1. The predicted molar refractivity (Wildman–Crippen MR) is 125 cm³/mol. The summed E-state index contributed by atoms with van der Waals surface area (Å²) in [6.07, 6.45) is 6.49. The molecule has 2 fully saturated rings. The Bertz CT molecular complexity index is 930. The minimum Gasteiger partial charge on any atom is -0.459 e. The van der Waals surface area contributed by atoms with Crippen molar-refractivity contribution in [1.82, 2.24) is 15.2 Å². The van der Waals surface area contributed by atoms with Gasteiger partial charge in [0.1, 0.15) is 6.07 Å². The van der Waals surface area contributed by atoms with Crippen molar-refractivity contribution < 1.29 is 13.6 Å². The number of nitrogens with zero attached hydrogens (tertiary/aromatic N) is 4. The van der Waals surface area contributed by atoms with Gasteiger partial charge in [-0.2, -0.15) is 10.2 Å². The number of furan rings is 1. The molecule has 33 heavy (non-hydrogen) atoms. The van der Waals surface area contributed by atoms with Crippen molar-refractivity contribution in [2.75, 3.05) is 44.2 Å². The lowest BCUT2D eigenvalue weighted by Gasteiger charge is -2.35. The number of nitriles is 1. The van der Waals surface area contributed by atoms with Crippen LogP contribution in [0.1, 0.15) is 51.6 Å². The summed E-state index contributed by atoms with van der Waals surface area (Å²) in [6, 6.07) is 5.61. The van der Waals surface area contributed by atoms with Crippen LogP contribution < -0.4 is 10.2 Å². The van der Waals surface area contributed by atoms with E-state index in [0.29, 0.717) is 30.6 Å². The van der Waals surface area contributed by atoms with Gasteiger partial charge in [-0.15, -0.1) is 0 Å². The molecule has 2 aliphatic rings. The van der Waals surface area contributed by atoms with Crippen molar-refractivity contribution in [3.8, 4) is 17.7 Å². The number of rotatable bonds is 8. The van der Waals surface area contributed by atoms with Crippen LogP contribution in [0.15, 0.2) is 27.2 Å². The fourth-order valence-corrected chi connectivity index (χ4v) is 5.24. The lowest BCUT2D eigenvalue weighted by atomic mass is 9.92. The number of hydrogen-bond acceptors (Lipinski definition) is 7. The highest BCUT2D eigenvalue weighted by Gasteiger charge is 2.29. The fourth-order valence-electron chi connectivity index (χ4n) is 5.24. The molecule has 2 saturated heterocycles. The van der Waals surface area contributed by atoms with Crippen molar-refractivity contribution in [2.24, 2.45) is 17.8 Å². The van der Waals surface area contributed by atoms with Gasteiger partial charge in [0, 0.05) is 38.6 Å². The van der Waals surface area contributed by atoms with Crippen LogP contribution in [0.2, 0.25) is 0 Å². The number of nitrogens with one attached hydrogen (secondary N) is 1. The van der Waals surface area contributed by atoms with Gasteiger partial charge in [-0.05, 0) is 62.6 Å². The molecule has 2 atom stereocenters. The molecule has 4 rings (SSSR count). The second-order valence-electron chi connectivity index (χ2n) is 9.73. The van der Waals surface area contributed by atoms with Crippen LogP contribution in [0.4, 0.5) is 5.88 Å². The third-order valence-corrected chi connectivity index (χ3v) is 6.74. The molecule has 2 aliphatic heterocycles. The van der Waals surface area contributed by atoms with E-state index in [2.05, 4.69) is 35.1 Å². The largest absolute Gasteiger partial charge is 0.459 e. The van der Waals surface area contributed by atoms with Gasteiger partial charge >= 0.3 is 0 Å². The van der Waals surface area contributed by atoms with E-state index in [1.54, 1.807) is 18.4 Å². The average Bonchev–Trinajstić information content (AvgIpc) is 3.48. The summed E-state index contributed by atoms with van der Waals surface area (Å²) in [5, 5.41) is 12.6. The fraction of sp³-hybridized carbons (Fsp3) is 0.640. The topological polar surface area (TPSA) is 98.5 Å². The van der Waals surface area contributed by atoms with Crippen molar-refractivity contribution in [3.05, 3.63) is 24.1 Å². The molecule has 0 spiro atoms. The number of amides is 1. The van der Waals surface area contributed by atoms with Crippen LogP contribution in [0.25, 0.3) is 11.7 Å². The standard InChI is InChI=1S/C25H35N5O3/c1-18-14-19(2)17-29(16-18)10-4-3-9-27-23(31)20-7-11-30(12-8-20)25-21(15-26)28-24(33-25)22-6-5-13-32-22/h5-6,13,18-20H,3-4,7-12,14,16-17H2,1-2H3,(H,27,31). The zero-order chi connectivity index (χ0) is 23.2. The zero-order valence-corrected chi connectivity index (χ0v) is 19.8. The highest BCUT2D eigenvalue weighted by Crippen LogP contribution is 2.31. The number of likely N-dealkylation sites (tertiary alicyclic amines) is 1. The molecule has 0 bridgehead atoms. The third-order valence-electron chi connectivity index (χ3n) is 6.74. The van der Waals surface area contributed by atoms with Gasteiger partial charge in [0.2, 0.25) is 17.5 Å². The quantitative estimate of drug-likeness (QED) is 0.605. The molecule has 1 amide bonds. The van der Waals surface area contributed by atoms with Crippen LogP contribution in [-0.2, 0) is 4.79 Å². The molecule has 0 aliphatic carbocycles. The Balaban J connectivity index is 1.18. The van der Waals surface area contributed by atoms with Crippen LogP contribution >= 0.6 is 0 Å². The normalized spacial score (nSPS) is 22.3. The van der Waals surface area contributed by atoms with Crippen molar-refractivity contribution in [2.45, 2.75) is 46.0 Å². The minimum absolute atomic E-state index is 0.00282. The first-order valence-corrected chi connectivity index (χ1v) is 12.2. The number of anilines is 1. The lowest BCUT2D eigenvalue weighted by Crippen LogP contribution is -2.41. The highest BCUT2D eigenvalue weighted by molar-refractivity contribution is 5.79. The summed E-state index contributed by atoms with van der Waals surface area (Å²) in [5.74, 6) is 2.99. The summed E-state index contributed by atoms with van der Waals surface area (Å²) in [5.41, 5.74) is 0.252. The first-order chi connectivity index (χ1) is 16.0. The molecule has 8 nitrogen and oxygen atoms in total. The van der Waals surface area contributed by atoms with E-state index in [9.17, 15) is 10.1 Å². The maximum Gasteiger partial charge on any atom is 0.266 e. The van der Waals surface area contributed by atoms with Crippen LogP contribution in [-0.4, -0.2) is 55.1 Å². The van der Waals surface area contributed by atoms with Gasteiger partial charge in [-0.1, -0.05) is 13.8 Å². The molecule has 2 unspecified atom stereocenters. The van der Waals surface area contributed by atoms with E-state index < -0.39 is 0 Å². The molecule has 1 N–H and O–H groups in total. The number of unbranched alkanes of at least 4 members (excludes halogenated alkanes) is 1. The third kappa shape index (κ3) is 5.97. The number of oxazole rings is 1. The molecule has 4 heterocycles. The van der Waals surface area contributed by atoms with Crippen molar-refractivity contribution in [3.63, 3.8) is 0 Å². The molecule has 2 aromatic rings. The van der Waals surface area contributed by atoms with E-state index in [1.165, 1.54) is 19.5 Å². The number of carbonyl (C=O) groups excluding carboxylic acids is 1. The molecule has 0 saturated carbocycles. The van der Waals surface area contributed by atoms with Crippen molar-refractivity contribution >= 4 is 11.8 Å². The molecule has 8 heteroatoms. The van der Waals surface area contributed by atoms with Gasteiger partial charge in [0.15, 0.2) is 5.76 Å². The van der Waals surface area contributed by atoms with Gasteiger partial charge in [0.25, 0.3) is 5.89 Å². The lowest BCUT2D eigenvalue weighted by molar-refractivity contribution is -0.125. The second-order valence-corrected chi connectivity index (χ2v) is 9.73. The molecular formula is C25H35N5O3. The maximum absolute atomic E-state index is 12.6. The van der Waals surface area contributed by atoms with E-state index in [0.717, 1.165) is 50.6 Å². The summed E-state index contributed by atoms with van der Waals surface area (Å²) in [7, 11) is 0. The van der Waals surface area contributed by atoms with Gasteiger partial charge in [-0.25, -0.2) is 0 Å².